The van der Waals surface area contributed by atoms with E-state index in [4.69, 9.17) is 10.8 Å². The molecule has 2 aromatic rings. The SMILES string of the molecule is Nc1ncnc2c1ncn2C(=O)[C@H](O)[C@H](CO)OCP(=O)([O-])[O-].[Na+].[Na+]. The summed E-state index contributed by atoms with van der Waals surface area (Å²) in [4.78, 5) is 44.6. The number of aliphatic hydroxyl groups excluding tert-OH is 2. The van der Waals surface area contributed by atoms with E-state index in [0.717, 1.165) is 17.2 Å². The number of aliphatic hydroxyl groups is 2. The molecule has 0 bridgehead atoms. The van der Waals surface area contributed by atoms with Gasteiger partial charge in [-0.15, -0.1) is 0 Å². The minimum atomic E-state index is -5.02. The molecule has 0 radical (unpaired) electrons. The molecule has 0 aliphatic rings. The molecule has 2 atom stereocenters. The molecule has 0 amide bonds. The van der Waals surface area contributed by atoms with Gasteiger partial charge in [-0.1, -0.05) is 0 Å². The van der Waals surface area contributed by atoms with Crippen molar-refractivity contribution in [2.24, 2.45) is 0 Å². The summed E-state index contributed by atoms with van der Waals surface area (Å²) in [5, 5.41) is 19.0. The largest absolute Gasteiger partial charge is 1.00 e. The van der Waals surface area contributed by atoms with Crippen LogP contribution in [0.2, 0.25) is 0 Å². The zero-order chi connectivity index (χ0) is 17.2. The van der Waals surface area contributed by atoms with Gasteiger partial charge in [0.15, 0.2) is 23.1 Å². The second kappa shape index (κ2) is 10.4. The van der Waals surface area contributed by atoms with E-state index < -0.39 is 38.7 Å². The molecule has 2 rings (SSSR count). The number of hydrogen-bond donors (Lipinski definition) is 3. The summed E-state index contributed by atoms with van der Waals surface area (Å²) in [6.07, 6.45) is -2.74. The van der Waals surface area contributed by atoms with E-state index in [1.54, 1.807) is 0 Å². The van der Waals surface area contributed by atoms with E-state index in [9.17, 15) is 24.3 Å². The number of hydrogen-bond acceptors (Lipinski definition) is 11. The molecule has 15 heteroatoms. The van der Waals surface area contributed by atoms with E-state index >= 15 is 0 Å². The van der Waals surface area contributed by atoms with Crippen LogP contribution < -0.4 is 74.6 Å². The fourth-order valence-corrected chi connectivity index (χ4v) is 2.12. The number of nitrogens with zero attached hydrogens (tertiary/aromatic N) is 4. The van der Waals surface area contributed by atoms with E-state index in [1.165, 1.54) is 0 Å². The smallest absolute Gasteiger partial charge is 0.809 e. The molecule has 2 heterocycles. The van der Waals surface area contributed by atoms with Crippen LogP contribution in [0.25, 0.3) is 11.2 Å². The molecule has 4 N–H and O–H groups in total. The zero-order valence-electron chi connectivity index (χ0n) is 13.5. The third-order valence-electron chi connectivity index (χ3n) is 2.83. The Morgan fingerprint density at radius 2 is 2.00 bits per heavy atom. The first-order chi connectivity index (χ1) is 10.7. The van der Waals surface area contributed by atoms with Crippen LogP contribution in [-0.2, 0) is 9.30 Å². The molecule has 0 fully saturated rings. The Morgan fingerprint density at radius 3 is 2.56 bits per heavy atom. The van der Waals surface area contributed by atoms with Crippen molar-refractivity contribution in [3.05, 3.63) is 12.7 Å². The van der Waals surface area contributed by atoms with Crippen molar-refractivity contribution in [1.29, 1.82) is 0 Å². The summed E-state index contributed by atoms with van der Waals surface area (Å²) in [6, 6.07) is 0. The number of carbonyl (C=O) groups is 1. The predicted octanol–water partition coefficient (Wildman–Crippen LogP) is -9.33. The fourth-order valence-electron chi connectivity index (χ4n) is 1.75. The molecule has 2 aromatic heterocycles. The Bertz CT molecular complexity index is 769. The molecule has 0 aliphatic heterocycles. The van der Waals surface area contributed by atoms with E-state index in [0.29, 0.717) is 0 Å². The first-order valence-corrected chi connectivity index (χ1v) is 7.86. The monoisotopic (exact) mass is 391 g/mol. The Morgan fingerprint density at radius 1 is 1.36 bits per heavy atom. The minimum absolute atomic E-state index is 0. The maximum atomic E-state index is 12.2. The molecule has 0 saturated heterocycles. The Hall–Kier alpha value is 0.0500. The molecule has 0 spiro atoms. The Kier molecular flexibility index (Phi) is 10.4. The molecular weight excluding hydrogens is 379 g/mol. The number of anilines is 1. The average Bonchev–Trinajstić information content (AvgIpc) is 2.91. The van der Waals surface area contributed by atoms with Crippen LogP contribution in [0.3, 0.4) is 0 Å². The van der Waals surface area contributed by atoms with Gasteiger partial charge in [-0.3, -0.25) is 9.36 Å². The maximum Gasteiger partial charge on any atom is 1.00 e. The van der Waals surface area contributed by atoms with Crippen molar-refractivity contribution in [2.45, 2.75) is 12.2 Å². The zero-order valence-corrected chi connectivity index (χ0v) is 18.4. The van der Waals surface area contributed by atoms with Gasteiger partial charge in [0.05, 0.1) is 13.0 Å². The number of fused-ring (bicyclic) bond motifs is 1. The van der Waals surface area contributed by atoms with Crippen molar-refractivity contribution in [1.82, 2.24) is 19.5 Å². The predicted molar refractivity (Wildman–Crippen MR) is 70.8 cm³/mol. The fraction of sp³-hybridized carbons (Fsp3) is 0.400. The first kappa shape index (κ1) is 25.1. The van der Waals surface area contributed by atoms with Gasteiger partial charge in [0.25, 0.3) is 5.91 Å². The number of ether oxygens (including phenoxy) is 1. The van der Waals surface area contributed by atoms with E-state index in [2.05, 4.69) is 19.7 Å². The second-order valence-electron chi connectivity index (χ2n) is 4.46. The Labute approximate surface area is 185 Å². The molecule has 126 valence electrons. The normalized spacial score (nSPS) is 13.6. The summed E-state index contributed by atoms with van der Waals surface area (Å²) in [5.74, 6) is -0.985. The van der Waals surface area contributed by atoms with Crippen molar-refractivity contribution < 1.29 is 93.2 Å². The average molecular weight is 391 g/mol. The number of nitrogen functional groups attached to an aromatic ring is 1. The van der Waals surface area contributed by atoms with Gasteiger partial charge in [0.2, 0.25) is 0 Å². The van der Waals surface area contributed by atoms with Crippen LogP contribution >= 0.6 is 7.60 Å². The van der Waals surface area contributed by atoms with Crippen molar-refractivity contribution in [3.63, 3.8) is 0 Å². The topological polar surface area (TPSA) is 200 Å². The van der Waals surface area contributed by atoms with Crippen LogP contribution in [0.4, 0.5) is 5.82 Å². The summed E-state index contributed by atoms with van der Waals surface area (Å²) < 4.78 is 16.0. The van der Waals surface area contributed by atoms with Crippen molar-refractivity contribution in [3.8, 4) is 0 Å². The van der Waals surface area contributed by atoms with Gasteiger partial charge in [-0.05, 0) is 7.60 Å². The molecule has 0 unspecified atom stereocenters. The van der Waals surface area contributed by atoms with Crippen LogP contribution in [0.1, 0.15) is 4.79 Å². The number of nitrogens with two attached hydrogens (primary N) is 1. The first-order valence-electron chi connectivity index (χ1n) is 6.14. The number of rotatable bonds is 6. The van der Waals surface area contributed by atoms with Gasteiger partial charge < -0.3 is 35.0 Å². The van der Waals surface area contributed by atoms with E-state index in [-0.39, 0.29) is 76.1 Å². The van der Waals surface area contributed by atoms with Crippen LogP contribution in [0.5, 0.6) is 0 Å². The maximum absolute atomic E-state index is 12.2. The number of imidazole rings is 1. The molecular formula is C10H12N5Na2O7P. The quantitative estimate of drug-likeness (QED) is 0.312. The molecule has 12 nitrogen and oxygen atoms in total. The number of carbonyl (C=O) groups excluding carboxylic acids is 1. The molecule has 0 aromatic carbocycles. The van der Waals surface area contributed by atoms with Crippen molar-refractivity contribution >= 4 is 30.5 Å². The van der Waals surface area contributed by atoms with Gasteiger partial charge in [-0.2, -0.15) is 0 Å². The summed E-state index contributed by atoms with van der Waals surface area (Å²) in [5.41, 5.74) is 5.70. The van der Waals surface area contributed by atoms with Crippen molar-refractivity contribution in [2.75, 3.05) is 18.7 Å². The molecule has 25 heavy (non-hydrogen) atoms. The summed E-state index contributed by atoms with van der Waals surface area (Å²) in [7, 11) is -5.02. The minimum Gasteiger partial charge on any atom is -0.809 e. The third kappa shape index (κ3) is 6.31. The van der Waals surface area contributed by atoms with Crippen LogP contribution in [0, 0.1) is 0 Å². The molecule has 0 saturated carbocycles. The van der Waals surface area contributed by atoms with Gasteiger partial charge in [0.1, 0.15) is 18.8 Å². The van der Waals surface area contributed by atoms with Gasteiger partial charge in [0, 0.05) is 0 Å². The van der Waals surface area contributed by atoms with Crippen LogP contribution in [-0.4, -0.2) is 60.8 Å². The van der Waals surface area contributed by atoms with E-state index in [1.807, 2.05) is 0 Å². The number of aromatic nitrogens is 4. The second-order valence-corrected chi connectivity index (χ2v) is 5.94. The van der Waals surface area contributed by atoms with Gasteiger partial charge in [-0.25, -0.2) is 15.0 Å². The molecule has 0 aliphatic carbocycles. The third-order valence-corrected chi connectivity index (χ3v) is 3.30. The van der Waals surface area contributed by atoms with Crippen LogP contribution in [0.15, 0.2) is 12.7 Å². The summed E-state index contributed by atoms with van der Waals surface area (Å²) >= 11 is 0. The standard InChI is InChI=1S/C10H14N5O7P.2Na/c11-8-6-9(13-2-12-8)15(3-14-6)10(18)7(17)5(1-16)22-4-23(19,20)21;;/h2-3,5,7,16-17H,1,4H2,(H2,11,12,13)(H2,19,20,21);;/q;2*+1/p-2/t5-,7+;;/m0../s1. The van der Waals surface area contributed by atoms with Gasteiger partial charge >= 0.3 is 59.1 Å². The summed E-state index contributed by atoms with van der Waals surface area (Å²) in [6.45, 7) is -0.892. The Balaban J connectivity index is 0.00000288.